The van der Waals surface area contributed by atoms with E-state index in [2.05, 4.69) is 4.98 Å². The summed E-state index contributed by atoms with van der Waals surface area (Å²) in [7, 11) is 0. The average molecular weight is 263 g/mol. The Morgan fingerprint density at radius 3 is 2.56 bits per heavy atom. The number of aromatic nitrogens is 1. The summed E-state index contributed by atoms with van der Waals surface area (Å²) in [4.78, 5) is 3.21. The summed E-state index contributed by atoms with van der Waals surface area (Å²) >= 11 is 1.49. The molecule has 1 aliphatic rings. The van der Waals surface area contributed by atoms with Crippen molar-refractivity contribution < 1.29 is 9.37 Å². The third-order valence-corrected chi connectivity index (χ3v) is 4.63. The largest absolute Gasteiger partial charge is 0.329 e. The van der Waals surface area contributed by atoms with Gasteiger partial charge in [-0.2, -0.15) is 0 Å². The zero-order chi connectivity index (χ0) is 12.6. The van der Waals surface area contributed by atoms with Gasteiger partial charge in [-0.15, -0.1) is 0 Å². The van der Waals surface area contributed by atoms with Crippen molar-refractivity contribution in [2.45, 2.75) is 31.1 Å². The summed E-state index contributed by atoms with van der Waals surface area (Å²) < 4.78 is 14.1. The Bertz CT molecular complexity index is 558. The molecule has 94 valence electrons. The van der Waals surface area contributed by atoms with Crippen LogP contribution in [0.5, 0.6) is 0 Å². The molecule has 0 saturated heterocycles. The molecule has 2 nitrogen and oxygen atoms in total. The molecule has 3 N–H and O–H groups in total. The number of rotatable bonds is 2. The van der Waals surface area contributed by atoms with Gasteiger partial charge in [0, 0.05) is 10.9 Å². The lowest BCUT2D eigenvalue weighted by atomic mass is 9.76. The van der Waals surface area contributed by atoms with Crippen LogP contribution in [0, 0.1) is 5.82 Å². The van der Waals surface area contributed by atoms with E-state index in [1.54, 1.807) is 12.1 Å². The molecule has 1 aromatic carbocycles. The normalized spacial score (nSPS) is 18.1. The topological polar surface area (TPSA) is 40.2 Å². The Kier molecular flexibility index (Phi) is 2.82. The van der Waals surface area contributed by atoms with Crippen molar-refractivity contribution in [1.82, 2.24) is 0 Å². The van der Waals surface area contributed by atoms with Crippen molar-refractivity contribution in [3.63, 3.8) is 0 Å². The van der Waals surface area contributed by atoms with Crippen LogP contribution in [0.4, 0.5) is 9.52 Å². The fraction of sp³-hybridized carbons (Fsp3) is 0.357. The Balaban J connectivity index is 2.16. The first-order chi connectivity index (χ1) is 8.72. The van der Waals surface area contributed by atoms with Crippen molar-refractivity contribution >= 4 is 16.5 Å². The van der Waals surface area contributed by atoms with Crippen molar-refractivity contribution in [1.29, 1.82) is 0 Å². The van der Waals surface area contributed by atoms with E-state index in [0.29, 0.717) is 5.13 Å². The molecule has 1 aliphatic carbocycles. The maximum atomic E-state index is 14.1. The number of nitrogens with two attached hydrogens (primary N) is 1. The average Bonchev–Trinajstić information content (AvgIpc) is 2.99. The minimum absolute atomic E-state index is 0.113. The number of aromatic amines is 1. The van der Waals surface area contributed by atoms with E-state index in [1.165, 1.54) is 11.3 Å². The molecule has 0 radical (unpaired) electrons. The molecule has 0 amide bonds. The molecular formula is C14H16FN2S+. The molecule has 1 aromatic heterocycles. The molecule has 18 heavy (non-hydrogen) atoms. The maximum absolute atomic E-state index is 14.1. The minimum atomic E-state index is -0.209. The first-order valence-electron chi connectivity index (χ1n) is 6.24. The van der Waals surface area contributed by atoms with Crippen LogP contribution in [-0.4, -0.2) is 0 Å². The highest BCUT2D eigenvalue weighted by molar-refractivity contribution is 7.13. The van der Waals surface area contributed by atoms with E-state index < -0.39 is 0 Å². The lowest BCUT2D eigenvalue weighted by Gasteiger charge is -2.26. The van der Waals surface area contributed by atoms with Crippen molar-refractivity contribution in [3.8, 4) is 0 Å². The molecule has 4 heteroatoms. The van der Waals surface area contributed by atoms with Crippen LogP contribution < -0.4 is 10.7 Å². The van der Waals surface area contributed by atoms with Crippen LogP contribution in [-0.2, 0) is 5.41 Å². The van der Waals surface area contributed by atoms with Gasteiger partial charge < -0.3 is 0 Å². The van der Waals surface area contributed by atoms with Gasteiger partial charge >= 0.3 is 5.13 Å². The number of hydrogen-bond acceptors (Lipinski definition) is 2. The van der Waals surface area contributed by atoms with Crippen molar-refractivity contribution in [3.05, 3.63) is 46.7 Å². The fourth-order valence-corrected chi connectivity index (χ4v) is 3.76. The smallest absolute Gasteiger partial charge is 0.278 e. The van der Waals surface area contributed by atoms with Gasteiger partial charge in [-0.3, -0.25) is 5.73 Å². The molecule has 0 atom stereocenters. The van der Waals surface area contributed by atoms with Crippen LogP contribution in [0.15, 0.2) is 29.6 Å². The molecule has 0 unspecified atom stereocenters. The summed E-state index contributed by atoms with van der Waals surface area (Å²) in [6, 6.07) is 7.11. The lowest BCUT2D eigenvalue weighted by Crippen LogP contribution is -2.31. The molecule has 1 heterocycles. The van der Waals surface area contributed by atoms with Crippen molar-refractivity contribution in [2.24, 2.45) is 0 Å². The monoisotopic (exact) mass is 263 g/mol. The van der Waals surface area contributed by atoms with Crippen LogP contribution in [0.1, 0.15) is 36.9 Å². The highest BCUT2D eigenvalue weighted by Crippen LogP contribution is 2.46. The van der Waals surface area contributed by atoms with Crippen LogP contribution in [0.25, 0.3) is 0 Å². The van der Waals surface area contributed by atoms with Gasteiger partial charge in [-0.05, 0) is 18.9 Å². The second kappa shape index (κ2) is 4.35. The number of benzene rings is 1. The standard InChI is InChI=1S/C14H15FN2S/c15-11-6-2-1-5-10(11)14(7-3-4-8-14)12-9-18-13(16)17-12/h1-2,5-6,9H,3-4,7-8H2,(H2,16,17)/p+1. The molecule has 2 aromatic rings. The highest BCUT2D eigenvalue weighted by Gasteiger charge is 2.42. The minimum Gasteiger partial charge on any atom is -0.278 e. The number of anilines is 1. The predicted octanol–water partition coefficient (Wildman–Crippen LogP) is 3.14. The molecule has 1 saturated carbocycles. The summed E-state index contributed by atoms with van der Waals surface area (Å²) in [5.41, 5.74) is 7.45. The van der Waals surface area contributed by atoms with Gasteiger partial charge in [-0.25, -0.2) is 9.37 Å². The number of nitrogen functional groups attached to an aromatic ring is 1. The quantitative estimate of drug-likeness (QED) is 0.888. The zero-order valence-electron chi connectivity index (χ0n) is 10.1. The van der Waals surface area contributed by atoms with Gasteiger partial charge in [0.15, 0.2) is 0 Å². The third-order valence-electron chi connectivity index (χ3n) is 3.92. The zero-order valence-corrected chi connectivity index (χ0v) is 10.9. The maximum Gasteiger partial charge on any atom is 0.329 e. The number of thiazole rings is 1. The molecule has 3 rings (SSSR count). The lowest BCUT2D eigenvalue weighted by molar-refractivity contribution is -0.373. The van der Waals surface area contributed by atoms with E-state index in [0.717, 1.165) is 36.9 Å². The molecular weight excluding hydrogens is 247 g/mol. The third kappa shape index (κ3) is 1.72. The van der Waals surface area contributed by atoms with E-state index in [-0.39, 0.29) is 11.2 Å². The fourth-order valence-electron chi connectivity index (χ4n) is 3.06. The molecule has 0 aliphatic heterocycles. The van der Waals surface area contributed by atoms with Gasteiger partial charge in [0.2, 0.25) is 0 Å². The van der Waals surface area contributed by atoms with Gasteiger partial charge in [0.05, 0.1) is 5.41 Å². The number of halogens is 1. The van der Waals surface area contributed by atoms with Gasteiger partial charge in [0.25, 0.3) is 0 Å². The summed E-state index contributed by atoms with van der Waals surface area (Å²) in [6.45, 7) is 0. The summed E-state index contributed by atoms with van der Waals surface area (Å²) in [5.74, 6) is -0.113. The van der Waals surface area contributed by atoms with Crippen LogP contribution >= 0.6 is 11.3 Å². The van der Waals surface area contributed by atoms with Crippen LogP contribution in [0.2, 0.25) is 0 Å². The molecule has 0 bridgehead atoms. The Labute approximate surface area is 110 Å². The van der Waals surface area contributed by atoms with Crippen molar-refractivity contribution in [2.75, 3.05) is 5.73 Å². The molecule has 0 spiro atoms. The van der Waals surface area contributed by atoms with Gasteiger partial charge in [-0.1, -0.05) is 42.4 Å². The number of hydrogen-bond donors (Lipinski definition) is 1. The first kappa shape index (κ1) is 11.7. The van der Waals surface area contributed by atoms with Crippen LogP contribution in [0.3, 0.4) is 0 Å². The Morgan fingerprint density at radius 2 is 1.94 bits per heavy atom. The molecule has 1 fully saturated rings. The number of H-pyrrole nitrogens is 1. The van der Waals surface area contributed by atoms with E-state index >= 15 is 0 Å². The summed E-state index contributed by atoms with van der Waals surface area (Å²) in [6.07, 6.45) is 4.25. The van der Waals surface area contributed by atoms with Gasteiger partial charge in [0.1, 0.15) is 11.5 Å². The Morgan fingerprint density at radius 1 is 1.22 bits per heavy atom. The number of nitrogens with one attached hydrogen (secondary N) is 1. The highest BCUT2D eigenvalue weighted by atomic mass is 32.1. The first-order valence-corrected chi connectivity index (χ1v) is 7.12. The predicted molar refractivity (Wildman–Crippen MR) is 70.9 cm³/mol. The second-order valence-electron chi connectivity index (χ2n) is 4.91. The Hall–Kier alpha value is -1.42. The SMILES string of the molecule is Nc1[nH+]c(C2(c3ccccc3F)CCCC2)cs1. The van der Waals surface area contributed by atoms with E-state index in [9.17, 15) is 4.39 Å². The second-order valence-corrected chi connectivity index (χ2v) is 5.82. The van der Waals surface area contributed by atoms with E-state index in [1.807, 2.05) is 17.5 Å². The summed E-state index contributed by atoms with van der Waals surface area (Å²) in [5, 5.41) is 2.72. The van der Waals surface area contributed by atoms with E-state index in [4.69, 9.17) is 5.73 Å².